The van der Waals surface area contributed by atoms with Gasteiger partial charge in [-0.3, -0.25) is 0 Å². The average molecular weight is 391 g/mol. The lowest BCUT2D eigenvalue weighted by Crippen LogP contribution is -2.19. The van der Waals surface area contributed by atoms with Gasteiger partial charge in [-0.25, -0.2) is 0 Å². The SMILES string of the molecule is CCCCCCCCCCc1c(C)c(C)c2c(c1C(C)(C)C)Cc1ccccc1-2. The van der Waals surface area contributed by atoms with Gasteiger partial charge in [-0.15, -0.1) is 0 Å². The lowest BCUT2D eigenvalue weighted by atomic mass is 9.75. The van der Waals surface area contributed by atoms with E-state index in [2.05, 4.69) is 65.8 Å². The van der Waals surface area contributed by atoms with Crippen molar-refractivity contribution in [1.29, 1.82) is 0 Å². The molecule has 0 unspecified atom stereocenters. The highest BCUT2D eigenvalue weighted by molar-refractivity contribution is 5.83. The molecule has 0 radical (unpaired) electrons. The van der Waals surface area contributed by atoms with Gasteiger partial charge in [0.05, 0.1) is 0 Å². The molecule has 0 heterocycles. The number of benzene rings is 2. The summed E-state index contributed by atoms with van der Waals surface area (Å²) in [7, 11) is 0. The smallest absolute Gasteiger partial charge is 0.00103 e. The fourth-order valence-corrected chi connectivity index (χ4v) is 5.44. The first-order valence-corrected chi connectivity index (χ1v) is 12.1. The van der Waals surface area contributed by atoms with Crippen molar-refractivity contribution in [2.75, 3.05) is 0 Å². The van der Waals surface area contributed by atoms with Crippen molar-refractivity contribution >= 4 is 0 Å². The van der Waals surface area contributed by atoms with E-state index in [9.17, 15) is 0 Å². The van der Waals surface area contributed by atoms with Crippen LogP contribution < -0.4 is 0 Å². The van der Waals surface area contributed by atoms with Crippen LogP contribution in [0.5, 0.6) is 0 Å². The molecule has 0 bridgehead atoms. The number of hydrogen-bond donors (Lipinski definition) is 0. The topological polar surface area (TPSA) is 0 Å². The molecular formula is C29H42. The highest BCUT2D eigenvalue weighted by Crippen LogP contribution is 2.47. The Balaban J connectivity index is 1.82. The van der Waals surface area contributed by atoms with Crippen molar-refractivity contribution in [3.8, 4) is 11.1 Å². The normalized spacial score (nSPS) is 12.9. The van der Waals surface area contributed by atoms with Gasteiger partial charge in [-0.1, -0.05) is 96.9 Å². The molecule has 0 saturated heterocycles. The van der Waals surface area contributed by atoms with Crippen LogP contribution >= 0.6 is 0 Å². The molecule has 0 atom stereocenters. The van der Waals surface area contributed by atoms with Crippen LogP contribution in [0.25, 0.3) is 11.1 Å². The molecule has 0 nitrogen and oxygen atoms in total. The summed E-state index contributed by atoms with van der Waals surface area (Å²) in [6, 6.07) is 9.06. The van der Waals surface area contributed by atoms with Crippen molar-refractivity contribution in [3.05, 3.63) is 57.6 Å². The zero-order valence-electron chi connectivity index (χ0n) is 19.9. The Morgan fingerprint density at radius 3 is 2.07 bits per heavy atom. The second-order valence-electron chi connectivity index (χ2n) is 10.3. The van der Waals surface area contributed by atoms with Gasteiger partial charge < -0.3 is 0 Å². The maximum absolute atomic E-state index is 2.41. The molecule has 0 aliphatic heterocycles. The third-order valence-electron chi connectivity index (χ3n) is 6.98. The van der Waals surface area contributed by atoms with Crippen LogP contribution in [-0.4, -0.2) is 0 Å². The third-order valence-corrected chi connectivity index (χ3v) is 6.98. The molecule has 2 aromatic carbocycles. The Kier molecular flexibility index (Phi) is 7.25. The largest absolute Gasteiger partial charge is 0.0654 e. The number of unbranched alkanes of at least 4 members (excludes halogenated alkanes) is 7. The quantitative estimate of drug-likeness (QED) is 0.320. The van der Waals surface area contributed by atoms with E-state index in [4.69, 9.17) is 0 Å². The van der Waals surface area contributed by atoms with E-state index >= 15 is 0 Å². The van der Waals surface area contributed by atoms with E-state index in [1.165, 1.54) is 74.5 Å². The molecule has 0 fully saturated rings. The Hall–Kier alpha value is -1.56. The molecule has 158 valence electrons. The third kappa shape index (κ3) is 4.79. The van der Waals surface area contributed by atoms with Crippen LogP contribution in [0, 0.1) is 13.8 Å². The predicted molar refractivity (Wildman–Crippen MR) is 129 cm³/mol. The summed E-state index contributed by atoms with van der Waals surface area (Å²) in [6.45, 7) is 14.3. The summed E-state index contributed by atoms with van der Waals surface area (Å²) < 4.78 is 0. The second kappa shape index (κ2) is 9.50. The van der Waals surface area contributed by atoms with E-state index in [0.717, 1.165) is 6.42 Å². The minimum Gasteiger partial charge on any atom is -0.0654 e. The van der Waals surface area contributed by atoms with E-state index in [1.807, 2.05) is 0 Å². The molecule has 3 rings (SSSR count). The number of rotatable bonds is 9. The molecule has 0 heteroatoms. The molecule has 1 aliphatic carbocycles. The van der Waals surface area contributed by atoms with Crippen molar-refractivity contribution in [1.82, 2.24) is 0 Å². The van der Waals surface area contributed by atoms with E-state index in [1.54, 1.807) is 27.8 Å². The summed E-state index contributed by atoms with van der Waals surface area (Å²) >= 11 is 0. The monoisotopic (exact) mass is 390 g/mol. The number of hydrogen-bond acceptors (Lipinski definition) is 0. The van der Waals surface area contributed by atoms with Gasteiger partial charge in [-0.2, -0.15) is 0 Å². The summed E-state index contributed by atoms with van der Waals surface area (Å²) in [6.07, 6.45) is 13.5. The molecule has 0 aromatic heterocycles. The molecule has 29 heavy (non-hydrogen) atoms. The van der Waals surface area contributed by atoms with Crippen molar-refractivity contribution in [2.45, 2.75) is 111 Å². The average Bonchev–Trinajstić information content (AvgIpc) is 3.05. The standard InChI is InChI=1S/C29H42/c1-7-8-9-10-11-12-13-14-18-24-21(2)22(3)27-25-19-16-15-17-23(25)20-26(27)28(24)29(4,5)6/h15-17,19H,7-14,18,20H2,1-6H3. The van der Waals surface area contributed by atoms with Gasteiger partial charge in [0.15, 0.2) is 0 Å². The van der Waals surface area contributed by atoms with Gasteiger partial charge in [0, 0.05) is 0 Å². The highest BCUT2D eigenvalue weighted by atomic mass is 14.4. The molecule has 0 N–H and O–H groups in total. The summed E-state index contributed by atoms with van der Waals surface area (Å²) in [4.78, 5) is 0. The summed E-state index contributed by atoms with van der Waals surface area (Å²) in [5.74, 6) is 0. The first-order valence-electron chi connectivity index (χ1n) is 12.1. The Bertz CT molecular complexity index is 832. The van der Waals surface area contributed by atoms with E-state index < -0.39 is 0 Å². The van der Waals surface area contributed by atoms with E-state index in [-0.39, 0.29) is 5.41 Å². The first kappa shape index (κ1) is 22.1. The van der Waals surface area contributed by atoms with E-state index in [0.29, 0.717) is 0 Å². The van der Waals surface area contributed by atoms with Gasteiger partial charge in [0.2, 0.25) is 0 Å². The van der Waals surface area contributed by atoms with Gasteiger partial charge in [0.25, 0.3) is 0 Å². The molecule has 2 aromatic rings. The van der Waals surface area contributed by atoms with Crippen LogP contribution in [0.2, 0.25) is 0 Å². The van der Waals surface area contributed by atoms with Gasteiger partial charge >= 0.3 is 0 Å². The molecule has 1 aliphatic rings. The maximum Gasteiger partial charge on any atom is -0.00103 e. The Morgan fingerprint density at radius 1 is 0.793 bits per heavy atom. The second-order valence-corrected chi connectivity index (χ2v) is 10.3. The predicted octanol–water partition coefficient (Wildman–Crippen LogP) is 8.86. The van der Waals surface area contributed by atoms with Gasteiger partial charge in [-0.05, 0) is 83.0 Å². The summed E-state index contributed by atoms with van der Waals surface area (Å²) in [5, 5.41) is 0. The van der Waals surface area contributed by atoms with Gasteiger partial charge in [0.1, 0.15) is 0 Å². The minimum atomic E-state index is 0.195. The van der Waals surface area contributed by atoms with Crippen molar-refractivity contribution in [2.24, 2.45) is 0 Å². The number of fused-ring (bicyclic) bond motifs is 3. The fourth-order valence-electron chi connectivity index (χ4n) is 5.44. The zero-order valence-corrected chi connectivity index (χ0v) is 19.9. The summed E-state index contributed by atoms with van der Waals surface area (Å²) in [5.41, 5.74) is 12.7. The lowest BCUT2D eigenvalue weighted by molar-refractivity contribution is 0.559. The molecule has 0 amide bonds. The van der Waals surface area contributed by atoms with Crippen LogP contribution in [0.4, 0.5) is 0 Å². The lowest BCUT2D eigenvalue weighted by Gasteiger charge is -2.30. The molecule has 0 saturated carbocycles. The minimum absolute atomic E-state index is 0.195. The first-order chi connectivity index (χ1) is 13.9. The fraction of sp³-hybridized carbons (Fsp3) is 0.586. The zero-order chi connectivity index (χ0) is 21.0. The Labute approximate surface area is 180 Å². The van der Waals surface area contributed by atoms with Crippen molar-refractivity contribution < 1.29 is 0 Å². The van der Waals surface area contributed by atoms with Crippen molar-refractivity contribution in [3.63, 3.8) is 0 Å². The van der Waals surface area contributed by atoms with Crippen LogP contribution in [0.3, 0.4) is 0 Å². The highest BCUT2D eigenvalue weighted by Gasteiger charge is 2.31. The molecular weight excluding hydrogens is 348 g/mol. The van der Waals surface area contributed by atoms with Crippen LogP contribution in [0.1, 0.15) is 112 Å². The van der Waals surface area contributed by atoms with Crippen LogP contribution in [0.15, 0.2) is 24.3 Å². The van der Waals surface area contributed by atoms with Crippen LogP contribution in [-0.2, 0) is 18.3 Å². The molecule has 0 spiro atoms. The maximum atomic E-state index is 2.41. The Morgan fingerprint density at radius 2 is 1.41 bits per heavy atom.